The van der Waals surface area contributed by atoms with Crippen LogP contribution >= 0.6 is 11.6 Å². The molecule has 0 amide bonds. The molecule has 0 aliphatic rings. The van der Waals surface area contributed by atoms with Crippen LogP contribution in [0.2, 0.25) is 5.15 Å². The first-order chi connectivity index (χ1) is 9.14. The van der Waals surface area contributed by atoms with Crippen molar-refractivity contribution in [3.63, 3.8) is 0 Å². The highest BCUT2D eigenvalue weighted by molar-refractivity contribution is 6.29. The third-order valence-electron chi connectivity index (χ3n) is 3.13. The Hall–Kier alpha value is -0.870. The molecule has 0 aliphatic heterocycles. The number of aromatic nitrogens is 2. The second kappa shape index (κ2) is 6.72. The topological polar surface area (TPSA) is 58.0 Å². The first-order valence-electron chi connectivity index (χ1n) is 7.04. The Morgan fingerprint density at radius 2 is 1.85 bits per heavy atom. The van der Waals surface area contributed by atoms with E-state index in [4.69, 9.17) is 16.7 Å². The lowest BCUT2D eigenvalue weighted by Crippen LogP contribution is -2.25. The SMILES string of the molecule is CC(C)(CCCO)CNc1cc(Cl)nc(C(C)(C)C)n1. The lowest BCUT2D eigenvalue weighted by molar-refractivity contribution is 0.248. The monoisotopic (exact) mass is 299 g/mol. The standard InChI is InChI=1S/C15H26ClN3O/c1-14(2,3)13-18-11(16)9-12(19-13)17-10-15(4,5)7-6-8-20/h9,20H,6-8,10H2,1-5H3,(H,17,18,19). The van der Waals surface area contributed by atoms with Gasteiger partial charge in [-0.1, -0.05) is 46.2 Å². The van der Waals surface area contributed by atoms with Crippen LogP contribution in [0.15, 0.2) is 6.07 Å². The van der Waals surface area contributed by atoms with Crippen LogP contribution in [-0.2, 0) is 5.41 Å². The number of aliphatic hydroxyl groups is 1. The van der Waals surface area contributed by atoms with Gasteiger partial charge in [0.05, 0.1) is 0 Å². The molecule has 1 aromatic rings. The highest BCUT2D eigenvalue weighted by Gasteiger charge is 2.20. The molecule has 0 unspecified atom stereocenters. The molecule has 0 saturated heterocycles. The lowest BCUT2D eigenvalue weighted by Gasteiger charge is -2.25. The number of nitrogens with one attached hydrogen (secondary N) is 1. The first kappa shape index (κ1) is 17.2. The maximum absolute atomic E-state index is 8.92. The van der Waals surface area contributed by atoms with Gasteiger partial charge in [-0.2, -0.15) is 0 Å². The van der Waals surface area contributed by atoms with Crippen LogP contribution in [0.1, 0.15) is 53.3 Å². The van der Waals surface area contributed by atoms with Crippen molar-refractivity contribution in [3.8, 4) is 0 Å². The van der Waals surface area contributed by atoms with Gasteiger partial charge in [-0.05, 0) is 18.3 Å². The molecule has 0 atom stereocenters. The van der Waals surface area contributed by atoms with Gasteiger partial charge in [-0.15, -0.1) is 0 Å². The molecule has 1 aromatic heterocycles. The Morgan fingerprint density at radius 1 is 1.20 bits per heavy atom. The van der Waals surface area contributed by atoms with E-state index in [0.29, 0.717) is 5.15 Å². The molecule has 0 aromatic carbocycles. The van der Waals surface area contributed by atoms with E-state index >= 15 is 0 Å². The zero-order valence-corrected chi connectivity index (χ0v) is 13.9. The highest BCUT2D eigenvalue weighted by atomic mass is 35.5. The Bertz CT molecular complexity index is 441. The van der Waals surface area contributed by atoms with Crippen molar-refractivity contribution >= 4 is 17.4 Å². The van der Waals surface area contributed by atoms with Crippen molar-refractivity contribution in [2.75, 3.05) is 18.5 Å². The van der Waals surface area contributed by atoms with Crippen molar-refractivity contribution in [2.24, 2.45) is 5.41 Å². The average molecular weight is 300 g/mol. The van der Waals surface area contributed by atoms with Crippen LogP contribution in [0.4, 0.5) is 5.82 Å². The normalized spacial score (nSPS) is 12.6. The van der Waals surface area contributed by atoms with E-state index in [1.165, 1.54) is 0 Å². The van der Waals surface area contributed by atoms with Crippen LogP contribution in [0.25, 0.3) is 0 Å². The summed E-state index contributed by atoms with van der Waals surface area (Å²) in [5.74, 6) is 1.49. The van der Waals surface area contributed by atoms with Crippen molar-refractivity contribution in [1.29, 1.82) is 0 Å². The van der Waals surface area contributed by atoms with E-state index in [2.05, 4.69) is 49.9 Å². The van der Waals surface area contributed by atoms with Crippen LogP contribution in [0.3, 0.4) is 0 Å². The molecule has 0 radical (unpaired) electrons. The number of nitrogens with zero attached hydrogens (tertiary/aromatic N) is 2. The van der Waals surface area contributed by atoms with E-state index in [9.17, 15) is 0 Å². The number of anilines is 1. The van der Waals surface area contributed by atoms with Gasteiger partial charge in [0.2, 0.25) is 0 Å². The van der Waals surface area contributed by atoms with E-state index in [-0.39, 0.29) is 17.4 Å². The smallest absolute Gasteiger partial charge is 0.137 e. The van der Waals surface area contributed by atoms with Crippen molar-refractivity contribution in [1.82, 2.24) is 9.97 Å². The summed E-state index contributed by atoms with van der Waals surface area (Å²) in [5, 5.41) is 12.7. The van der Waals surface area contributed by atoms with E-state index in [1.54, 1.807) is 6.07 Å². The van der Waals surface area contributed by atoms with Crippen molar-refractivity contribution < 1.29 is 5.11 Å². The molecule has 2 N–H and O–H groups in total. The van der Waals surface area contributed by atoms with Crippen molar-refractivity contribution in [2.45, 2.75) is 52.9 Å². The molecule has 0 spiro atoms. The fourth-order valence-electron chi connectivity index (χ4n) is 1.82. The second-order valence-corrected chi connectivity index (χ2v) is 7.38. The number of halogens is 1. The quantitative estimate of drug-likeness (QED) is 0.787. The van der Waals surface area contributed by atoms with E-state index in [1.807, 2.05) is 0 Å². The fourth-order valence-corrected chi connectivity index (χ4v) is 2.00. The van der Waals surface area contributed by atoms with Gasteiger partial charge in [0.1, 0.15) is 16.8 Å². The van der Waals surface area contributed by atoms with Gasteiger partial charge in [0, 0.05) is 24.6 Å². The van der Waals surface area contributed by atoms with Gasteiger partial charge >= 0.3 is 0 Å². The molecule has 0 fully saturated rings. The lowest BCUT2D eigenvalue weighted by atomic mass is 9.88. The number of hydrogen-bond acceptors (Lipinski definition) is 4. The minimum atomic E-state index is -0.131. The number of rotatable bonds is 6. The third-order valence-corrected chi connectivity index (χ3v) is 3.32. The molecule has 0 aliphatic carbocycles. The Morgan fingerprint density at radius 3 is 2.40 bits per heavy atom. The molecule has 0 saturated carbocycles. The van der Waals surface area contributed by atoms with Crippen LogP contribution in [-0.4, -0.2) is 28.2 Å². The third kappa shape index (κ3) is 5.63. The Balaban J connectivity index is 2.76. The van der Waals surface area contributed by atoms with Crippen molar-refractivity contribution in [3.05, 3.63) is 17.0 Å². The summed E-state index contributed by atoms with van der Waals surface area (Å²) >= 11 is 6.07. The predicted octanol–water partition coefficient (Wildman–Crippen LogP) is 3.64. The van der Waals surface area contributed by atoms with Gasteiger partial charge in [-0.3, -0.25) is 0 Å². The zero-order valence-electron chi connectivity index (χ0n) is 13.1. The summed E-state index contributed by atoms with van der Waals surface area (Å²) < 4.78 is 0. The van der Waals surface area contributed by atoms with Gasteiger partial charge in [0.25, 0.3) is 0 Å². The fraction of sp³-hybridized carbons (Fsp3) is 0.733. The Kier molecular flexibility index (Phi) is 5.78. The number of aliphatic hydroxyl groups excluding tert-OH is 1. The second-order valence-electron chi connectivity index (χ2n) is 6.99. The maximum atomic E-state index is 8.92. The highest BCUT2D eigenvalue weighted by Crippen LogP contribution is 2.25. The molecule has 5 heteroatoms. The van der Waals surface area contributed by atoms with E-state index < -0.39 is 0 Å². The minimum Gasteiger partial charge on any atom is -0.396 e. The van der Waals surface area contributed by atoms with Gasteiger partial charge < -0.3 is 10.4 Å². The van der Waals surface area contributed by atoms with Crippen LogP contribution < -0.4 is 5.32 Å². The minimum absolute atomic E-state index is 0.0993. The van der Waals surface area contributed by atoms with Crippen LogP contribution in [0.5, 0.6) is 0 Å². The first-order valence-corrected chi connectivity index (χ1v) is 7.42. The molecule has 20 heavy (non-hydrogen) atoms. The molecular formula is C15H26ClN3O. The summed E-state index contributed by atoms with van der Waals surface area (Å²) in [4.78, 5) is 8.81. The average Bonchev–Trinajstić information content (AvgIpc) is 2.32. The summed E-state index contributed by atoms with van der Waals surface area (Å²) in [6.07, 6.45) is 1.77. The molecule has 1 heterocycles. The van der Waals surface area contributed by atoms with E-state index in [0.717, 1.165) is 31.0 Å². The van der Waals surface area contributed by atoms with Crippen LogP contribution in [0, 0.1) is 5.41 Å². The Labute approximate surface area is 127 Å². The summed E-state index contributed by atoms with van der Waals surface area (Å²) in [5.41, 5.74) is -0.0320. The maximum Gasteiger partial charge on any atom is 0.137 e. The van der Waals surface area contributed by atoms with Gasteiger partial charge in [-0.25, -0.2) is 9.97 Å². The molecule has 114 valence electrons. The summed E-state index contributed by atoms with van der Waals surface area (Å²) in [7, 11) is 0. The molecule has 1 rings (SSSR count). The number of hydrogen-bond donors (Lipinski definition) is 2. The molecule has 0 bridgehead atoms. The predicted molar refractivity (Wildman–Crippen MR) is 84.3 cm³/mol. The zero-order chi connectivity index (χ0) is 15.4. The molecular weight excluding hydrogens is 274 g/mol. The molecule has 4 nitrogen and oxygen atoms in total. The summed E-state index contributed by atoms with van der Waals surface area (Å²) in [6.45, 7) is 11.5. The largest absolute Gasteiger partial charge is 0.396 e. The van der Waals surface area contributed by atoms with Gasteiger partial charge in [0.15, 0.2) is 0 Å². The summed E-state index contributed by atoms with van der Waals surface area (Å²) in [6, 6.07) is 1.75.